The van der Waals surface area contributed by atoms with Gasteiger partial charge in [-0.25, -0.2) is 4.79 Å². The number of amides is 2. The fraction of sp³-hybridized carbons (Fsp3) is 0.300. The van der Waals surface area contributed by atoms with E-state index < -0.39 is 0 Å². The summed E-state index contributed by atoms with van der Waals surface area (Å²) in [5.74, 6) is 0. The molecule has 0 atom stereocenters. The lowest BCUT2D eigenvalue weighted by Gasteiger charge is -2.05. The third kappa shape index (κ3) is 2.47. The van der Waals surface area contributed by atoms with Crippen LogP contribution in [-0.4, -0.2) is 12.1 Å². The van der Waals surface area contributed by atoms with Gasteiger partial charge >= 0.3 is 6.03 Å². The van der Waals surface area contributed by atoms with Crippen molar-refractivity contribution in [1.29, 1.82) is 0 Å². The Hall–Kier alpha value is -1.51. The first-order valence-electron chi connectivity index (χ1n) is 4.38. The smallest absolute Gasteiger partial charge is 0.319 e. The molecule has 0 unspecified atom stereocenters. The normalized spacial score (nSPS) is 15.1. The van der Waals surface area contributed by atoms with Gasteiger partial charge in [0.05, 0.1) is 0 Å². The van der Waals surface area contributed by atoms with Crippen molar-refractivity contribution in [2.75, 3.05) is 5.32 Å². The van der Waals surface area contributed by atoms with E-state index in [0.717, 1.165) is 18.5 Å². The van der Waals surface area contributed by atoms with Gasteiger partial charge in [0.1, 0.15) is 0 Å². The van der Waals surface area contributed by atoms with E-state index in [0.29, 0.717) is 6.04 Å². The van der Waals surface area contributed by atoms with E-state index in [1.807, 2.05) is 12.1 Å². The van der Waals surface area contributed by atoms with Gasteiger partial charge in [-0.05, 0) is 31.0 Å². The number of rotatable bonds is 2. The Balaban J connectivity index is 1.86. The third-order valence-corrected chi connectivity index (χ3v) is 1.88. The highest BCUT2D eigenvalue weighted by Crippen LogP contribution is 2.18. The second kappa shape index (κ2) is 3.47. The molecule has 0 aromatic heterocycles. The van der Waals surface area contributed by atoms with Gasteiger partial charge < -0.3 is 10.6 Å². The average molecular weight is 175 g/mol. The van der Waals surface area contributed by atoms with E-state index in [2.05, 4.69) is 16.7 Å². The van der Waals surface area contributed by atoms with Gasteiger partial charge in [0.15, 0.2) is 0 Å². The van der Waals surface area contributed by atoms with Gasteiger partial charge in [-0.3, -0.25) is 0 Å². The maximum atomic E-state index is 11.2. The summed E-state index contributed by atoms with van der Waals surface area (Å²) < 4.78 is 0. The van der Waals surface area contributed by atoms with E-state index in [1.54, 1.807) is 12.1 Å². The Labute approximate surface area is 77.1 Å². The Morgan fingerprint density at radius 2 is 2.38 bits per heavy atom. The highest BCUT2D eigenvalue weighted by molar-refractivity contribution is 5.89. The largest absolute Gasteiger partial charge is 0.335 e. The summed E-state index contributed by atoms with van der Waals surface area (Å²) in [6.45, 7) is 0. The number of carbonyl (C=O) groups excluding carboxylic acids is 1. The molecule has 3 heteroatoms. The Bertz CT molecular complexity index is 293. The van der Waals surface area contributed by atoms with Gasteiger partial charge in [0, 0.05) is 11.7 Å². The Kier molecular flexibility index (Phi) is 2.17. The SMILES string of the molecule is O=C(Nc1c[c]ccc1)NC1CC1. The summed E-state index contributed by atoms with van der Waals surface area (Å²) in [7, 11) is 0. The molecule has 1 saturated carbocycles. The minimum atomic E-state index is -0.123. The van der Waals surface area contributed by atoms with Crippen LogP contribution in [0, 0.1) is 6.07 Å². The van der Waals surface area contributed by atoms with Crippen LogP contribution in [-0.2, 0) is 0 Å². The molecule has 0 saturated heterocycles. The number of anilines is 1. The van der Waals surface area contributed by atoms with Crippen molar-refractivity contribution >= 4 is 11.7 Å². The molecule has 3 nitrogen and oxygen atoms in total. The molecule has 0 bridgehead atoms. The highest BCUT2D eigenvalue weighted by atomic mass is 16.2. The topological polar surface area (TPSA) is 41.1 Å². The van der Waals surface area contributed by atoms with Gasteiger partial charge in [-0.1, -0.05) is 12.1 Å². The minimum Gasteiger partial charge on any atom is -0.335 e. The Morgan fingerprint density at radius 3 is 3.00 bits per heavy atom. The lowest BCUT2D eigenvalue weighted by molar-refractivity contribution is 0.251. The molecule has 2 N–H and O–H groups in total. The fourth-order valence-electron chi connectivity index (χ4n) is 1.05. The van der Waals surface area contributed by atoms with Crippen molar-refractivity contribution in [3.05, 3.63) is 30.3 Å². The minimum absolute atomic E-state index is 0.123. The third-order valence-electron chi connectivity index (χ3n) is 1.88. The molecule has 0 aliphatic heterocycles. The van der Waals surface area contributed by atoms with E-state index in [4.69, 9.17) is 0 Å². The molecule has 1 radical (unpaired) electrons. The van der Waals surface area contributed by atoms with Crippen LogP contribution in [0.15, 0.2) is 24.3 Å². The van der Waals surface area contributed by atoms with Gasteiger partial charge in [0.25, 0.3) is 0 Å². The molecule has 2 amide bonds. The second-order valence-electron chi connectivity index (χ2n) is 3.16. The summed E-state index contributed by atoms with van der Waals surface area (Å²) in [6.07, 6.45) is 2.21. The molecule has 2 rings (SSSR count). The second-order valence-corrected chi connectivity index (χ2v) is 3.16. The molecule has 1 aromatic carbocycles. The predicted molar refractivity (Wildman–Crippen MR) is 50.5 cm³/mol. The van der Waals surface area contributed by atoms with Crippen molar-refractivity contribution < 1.29 is 4.79 Å². The summed E-state index contributed by atoms with van der Waals surface area (Å²) in [5.41, 5.74) is 0.778. The molecule has 67 valence electrons. The summed E-state index contributed by atoms with van der Waals surface area (Å²) >= 11 is 0. The standard InChI is InChI=1S/C10H11N2O/c13-10(12-9-6-7-9)11-8-4-2-1-3-5-8/h1-2,4-5,9H,6-7H2,(H2,11,12,13). The van der Waals surface area contributed by atoms with Crippen molar-refractivity contribution in [3.63, 3.8) is 0 Å². The van der Waals surface area contributed by atoms with Crippen molar-refractivity contribution in [3.8, 4) is 0 Å². The van der Waals surface area contributed by atoms with Crippen LogP contribution in [0.5, 0.6) is 0 Å². The van der Waals surface area contributed by atoms with Gasteiger partial charge in [0.2, 0.25) is 0 Å². The molecule has 0 spiro atoms. The lowest BCUT2D eigenvalue weighted by atomic mass is 10.3. The van der Waals surface area contributed by atoms with Crippen LogP contribution < -0.4 is 10.6 Å². The maximum absolute atomic E-state index is 11.2. The number of hydrogen-bond donors (Lipinski definition) is 2. The quantitative estimate of drug-likeness (QED) is 0.706. The van der Waals surface area contributed by atoms with Crippen LogP contribution in [0.1, 0.15) is 12.8 Å². The average Bonchev–Trinajstić information content (AvgIpc) is 2.90. The van der Waals surface area contributed by atoms with E-state index in [-0.39, 0.29) is 6.03 Å². The Morgan fingerprint density at radius 1 is 1.54 bits per heavy atom. The van der Waals surface area contributed by atoms with Crippen LogP contribution >= 0.6 is 0 Å². The summed E-state index contributed by atoms with van der Waals surface area (Å²) in [5, 5.41) is 5.57. The molecular weight excluding hydrogens is 164 g/mol. The number of hydrogen-bond acceptors (Lipinski definition) is 1. The molecule has 1 fully saturated rings. The first-order chi connectivity index (χ1) is 6.34. The molecule has 13 heavy (non-hydrogen) atoms. The lowest BCUT2D eigenvalue weighted by Crippen LogP contribution is -2.30. The van der Waals surface area contributed by atoms with Crippen molar-refractivity contribution in [2.24, 2.45) is 0 Å². The van der Waals surface area contributed by atoms with Crippen molar-refractivity contribution in [1.82, 2.24) is 5.32 Å². The number of nitrogens with one attached hydrogen (secondary N) is 2. The van der Waals surface area contributed by atoms with Crippen LogP contribution in [0.25, 0.3) is 0 Å². The highest BCUT2D eigenvalue weighted by Gasteiger charge is 2.22. The van der Waals surface area contributed by atoms with E-state index in [1.165, 1.54) is 0 Å². The summed E-state index contributed by atoms with van der Waals surface area (Å²) in [6, 6.07) is 10.4. The van der Waals surface area contributed by atoms with Crippen molar-refractivity contribution in [2.45, 2.75) is 18.9 Å². The number of urea groups is 1. The molecule has 1 aromatic rings. The zero-order chi connectivity index (χ0) is 9.10. The zero-order valence-electron chi connectivity index (χ0n) is 7.21. The van der Waals surface area contributed by atoms with Crippen LogP contribution in [0.4, 0.5) is 10.5 Å². The number of carbonyl (C=O) groups is 1. The van der Waals surface area contributed by atoms with Gasteiger partial charge in [-0.2, -0.15) is 0 Å². The van der Waals surface area contributed by atoms with E-state index >= 15 is 0 Å². The maximum Gasteiger partial charge on any atom is 0.319 e. The molecule has 0 heterocycles. The van der Waals surface area contributed by atoms with E-state index in [9.17, 15) is 4.79 Å². The van der Waals surface area contributed by atoms with Crippen LogP contribution in [0.3, 0.4) is 0 Å². The zero-order valence-corrected chi connectivity index (χ0v) is 7.21. The molecule has 1 aliphatic rings. The first kappa shape index (κ1) is 8.10. The monoisotopic (exact) mass is 175 g/mol. The molecule has 1 aliphatic carbocycles. The molecular formula is C10H11N2O. The summed E-state index contributed by atoms with van der Waals surface area (Å²) in [4.78, 5) is 11.2. The van der Waals surface area contributed by atoms with Gasteiger partial charge in [-0.15, -0.1) is 0 Å². The fourth-order valence-corrected chi connectivity index (χ4v) is 1.05. The van der Waals surface area contributed by atoms with Crippen LogP contribution in [0.2, 0.25) is 0 Å². The first-order valence-corrected chi connectivity index (χ1v) is 4.38. The predicted octanol–water partition coefficient (Wildman–Crippen LogP) is 1.77. The number of benzene rings is 1.